The first-order valence-electron chi connectivity index (χ1n) is 7.28. The molecule has 112 valence electrons. The maximum absolute atomic E-state index is 10.1. The van der Waals surface area contributed by atoms with Gasteiger partial charge >= 0.3 is 0 Å². The Morgan fingerprint density at radius 1 is 1.33 bits per heavy atom. The Morgan fingerprint density at radius 2 is 2.14 bits per heavy atom. The average molecular weight is 286 g/mol. The second-order valence-corrected chi connectivity index (χ2v) is 4.75. The summed E-state index contributed by atoms with van der Waals surface area (Å²) >= 11 is 0. The number of hydrogen-bond acceptors (Lipinski definition) is 4. The summed E-state index contributed by atoms with van der Waals surface area (Å²) in [5, 5.41) is 10.1. The van der Waals surface area contributed by atoms with Crippen LogP contribution < -0.4 is 4.90 Å². The van der Waals surface area contributed by atoms with Crippen LogP contribution in [0, 0.1) is 0 Å². The Bertz CT molecular complexity index is 574. The molecule has 5 nitrogen and oxygen atoms in total. The van der Waals surface area contributed by atoms with Gasteiger partial charge in [0.1, 0.15) is 5.75 Å². The molecular formula is C16H22N4O. The zero-order valence-electron chi connectivity index (χ0n) is 12.6. The van der Waals surface area contributed by atoms with Crippen LogP contribution in [0.5, 0.6) is 5.75 Å². The SMILES string of the molecule is CCN(CC)c1ccc(C=NCCn2ccnc2)c(O)c1. The van der Waals surface area contributed by atoms with Crippen molar-refractivity contribution in [2.24, 2.45) is 4.99 Å². The van der Waals surface area contributed by atoms with Crippen LogP contribution in [-0.4, -0.2) is 40.5 Å². The van der Waals surface area contributed by atoms with Gasteiger partial charge in [-0.2, -0.15) is 0 Å². The van der Waals surface area contributed by atoms with Gasteiger partial charge in [0, 0.05) is 55.6 Å². The fourth-order valence-corrected chi connectivity index (χ4v) is 2.18. The van der Waals surface area contributed by atoms with Crippen molar-refractivity contribution < 1.29 is 5.11 Å². The van der Waals surface area contributed by atoms with Crippen molar-refractivity contribution in [1.82, 2.24) is 9.55 Å². The molecule has 1 aromatic carbocycles. The minimum Gasteiger partial charge on any atom is -0.507 e. The highest BCUT2D eigenvalue weighted by Gasteiger charge is 2.05. The summed E-state index contributed by atoms with van der Waals surface area (Å²) in [6.45, 7) is 7.50. The Balaban J connectivity index is 1.97. The van der Waals surface area contributed by atoms with Gasteiger partial charge in [-0.15, -0.1) is 0 Å². The molecule has 0 fully saturated rings. The Morgan fingerprint density at radius 3 is 2.76 bits per heavy atom. The molecule has 1 N–H and O–H groups in total. The van der Waals surface area contributed by atoms with E-state index in [1.807, 2.05) is 22.9 Å². The molecule has 21 heavy (non-hydrogen) atoms. The lowest BCUT2D eigenvalue weighted by Crippen LogP contribution is -2.21. The van der Waals surface area contributed by atoms with Crippen LogP contribution in [0.2, 0.25) is 0 Å². The second kappa shape index (κ2) is 7.47. The van der Waals surface area contributed by atoms with E-state index in [2.05, 4.69) is 28.7 Å². The van der Waals surface area contributed by atoms with Gasteiger partial charge in [0.05, 0.1) is 12.9 Å². The second-order valence-electron chi connectivity index (χ2n) is 4.75. The van der Waals surface area contributed by atoms with Crippen molar-refractivity contribution >= 4 is 11.9 Å². The maximum atomic E-state index is 10.1. The molecule has 0 aliphatic carbocycles. The third-order valence-electron chi connectivity index (χ3n) is 3.42. The number of nitrogens with zero attached hydrogens (tertiary/aromatic N) is 4. The lowest BCUT2D eigenvalue weighted by atomic mass is 10.2. The van der Waals surface area contributed by atoms with Crippen LogP contribution in [-0.2, 0) is 6.54 Å². The number of phenols is 1. The summed E-state index contributed by atoms with van der Waals surface area (Å²) in [5.74, 6) is 0.269. The fraction of sp³-hybridized carbons (Fsp3) is 0.375. The van der Waals surface area contributed by atoms with E-state index in [-0.39, 0.29) is 5.75 Å². The van der Waals surface area contributed by atoms with Gasteiger partial charge in [0.25, 0.3) is 0 Å². The molecule has 0 spiro atoms. The van der Waals surface area contributed by atoms with Crippen LogP contribution in [0.1, 0.15) is 19.4 Å². The van der Waals surface area contributed by atoms with Crippen LogP contribution in [0.15, 0.2) is 41.9 Å². The van der Waals surface area contributed by atoms with E-state index in [9.17, 15) is 5.11 Å². The van der Waals surface area contributed by atoms with Crippen molar-refractivity contribution in [1.29, 1.82) is 0 Å². The molecule has 0 radical (unpaired) electrons. The molecule has 2 rings (SSSR count). The van der Waals surface area contributed by atoms with Crippen molar-refractivity contribution in [3.8, 4) is 5.75 Å². The highest BCUT2D eigenvalue weighted by atomic mass is 16.3. The molecule has 1 heterocycles. The molecule has 0 atom stereocenters. The lowest BCUT2D eigenvalue weighted by molar-refractivity contribution is 0.474. The number of aliphatic imine (C=N–C) groups is 1. The van der Waals surface area contributed by atoms with Gasteiger partial charge in [-0.05, 0) is 26.0 Å². The first-order chi connectivity index (χ1) is 10.2. The molecule has 0 saturated carbocycles. The molecule has 1 aromatic heterocycles. The van der Waals surface area contributed by atoms with Gasteiger partial charge in [0.2, 0.25) is 0 Å². The molecule has 0 unspecified atom stereocenters. The molecular weight excluding hydrogens is 264 g/mol. The summed E-state index contributed by atoms with van der Waals surface area (Å²) in [7, 11) is 0. The van der Waals surface area contributed by atoms with Crippen molar-refractivity contribution in [2.75, 3.05) is 24.5 Å². The Labute approximate surface area is 125 Å². The van der Waals surface area contributed by atoms with E-state index in [0.29, 0.717) is 6.54 Å². The van der Waals surface area contributed by atoms with E-state index in [4.69, 9.17) is 0 Å². The Hall–Kier alpha value is -2.30. The van der Waals surface area contributed by atoms with Crippen molar-refractivity contribution in [2.45, 2.75) is 20.4 Å². The summed E-state index contributed by atoms with van der Waals surface area (Å²) in [4.78, 5) is 10.5. The largest absolute Gasteiger partial charge is 0.507 e. The van der Waals surface area contributed by atoms with Crippen LogP contribution in [0.3, 0.4) is 0 Å². The number of benzene rings is 1. The third-order valence-corrected chi connectivity index (χ3v) is 3.42. The molecule has 2 aromatic rings. The van der Waals surface area contributed by atoms with Gasteiger partial charge in [-0.3, -0.25) is 4.99 Å². The molecule has 0 saturated heterocycles. The van der Waals surface area contributed by atoms with E-state index in [1.165, 1.54) is 0 Å². The standard InChI is InChI=1S/C16H22N4O/c1-3-20(4-2)15-6-5-14(16(21)11-15)12-17-7-9-19-10-8-18-13-19/h5-6,8,10-13,21H,3-4,7,9H2,1-2H3. The minimum atomic E-state index is 0.269. The predicted molar refractivity (Wildman–Crippen MR) is 86.4 cm³/mol. The number of hydrogen-bond donors (Lipinski definition) is 1. The Kier molecular flexibility index (Phi) is 5.37. The van der Waals surface area contributed by atoms with Crippen LogP contribution >= 0.6 is 0 Å². The van der Waals surface area contributed by atoms with Crippen molar-refractivity contribution in [3.05, 3.63) is 42.5 Å². The number of anilines is 1. The first-order valence-corrected chi connectivity index (χ1v) is 7.28. The van der Waals surface area contributed by atoms with Gasteiger partial charge in [-0.1, -0.05) is 0 Å². The van der Waals surface area contributed by atoms with E-state index in [0.717, 1.165) is 30.9 Å². The summed E-state index contributed by atoms with van der Waals surface area (Å²) in [5.41, 5.74) is 1.78. The summed E-state index contributed by atoms with van der Waals surface area (Å²) in [6, 6.07) is 5.72. The van der Waals surface area contributed by atoms with Crippen LogP contribution in [0.4, 0.5) is 5.69 Å². The number of imidazole rings is 1. The molecule has 5 heteroatoms. The zero-order valence-corrected chi connectivity index (χ0v) is 12.6. The normalized spacial score (nSPS) is 11.1. The van der Waals surface area contributed by atoms with Crippen LogP contribution in [0.25, 0.3) is 0 Å². The van der Waals surface area contributed by atoms with E-state index in [1.54, 1.807) is 24.8 Å². The number of rotatable bonds is 7. The first kappa shape index (κ1) is 15.1. The highest BCUT2D eigenvalue weighted by molar-refractivity contribution is 5.84. The van der Waals surface area contributed by atoms with E-state index < -0.39 is 0 Å². The highest BCUT2D eigenvalue weighted by Crippen LogP contribution is 2.23. The van der Waals surface area contributed by atoms with Gasteiger partial charge in [-0.25, -0.2) is 4.98 Å². The zero-order chi connectivity index (χ0) is 15.1. The van der Waals surface area contributed by atoms with Crippen molar-refractivity contribution in [3.63, 3.8) is 0 Å². The maximum Gasteiger partial charge on any atom is 0.126 e. The summed E-state index contributed by atoms with van der Waals surface area (Å²) in [6.07, 6.45) is 7.15. The third kappa shape index (κ3) is 4.08. The van der Waals surface area contributed by atoms with E-state index >= 15 is 0 Å². The molecule has 0 aliphatic heterocycles. The smallest absolute Gasteiger partial charge is 0.126 e. The molecule has 0 bridgehead atoms. The lowest BCUT2D eigenvalue weighted by Gasteiger charge is -2.21. The summed E-state index contributed by atoms with van der Waals surface area (Å²) < 4.78 is 1.97. The number of aromatic nitrogens is 2. The fourth-order valence-electron chi connectivity index (χ4n) is 2.18. The molecule has 0 aliphatic rings. The van der Waals surface area contributed by atoms with Gasteiger partial charge in [0.15, 0.2) is 0 Å². The van der Waals surface area contributed by atoms with Gasteiger partial charge < -0.3 is 14.6 Å². The quantitative estimate of drug-likeness (QED) is 0.796. The number of phenolic OH excluding ortho intramolecular Hbond substituents is 1. The molecule has 0 amide bonds. The average Bonchev–Trinajstić information content (AvgIpc) is 3.00. The predicted octanol–water partition coefficient (Wildman–Crippen LogP) is 2.55. The number of aromatic hydroxyl groups is 1. The minimum absolute atomic E-state index is 0.269. The monoisotopic (exact) mass is 286 g/mol. The topological polar surface area (TPSA) is 53.7 Å².